The van der Waals surface area contributed by atoms with Crippen LogP contribution in [0.3, 0.4) is 0 Å². The predicted octanol–water partition coefficient (Wildman–Crippen LogP) is 8.75. The second kappa shape index (κ2) is 8.67. The van der Waals surface area contributed by atoms with Crippen molar-refractivity contribution in [1.82, 2.24) is 9.97 Å². The number of hydrogen-bond acceptors (Lipinski definition) is 4. The van der Waals surface area contributed by atoms with Crippen molar-refractivity contribution in [2.24, 2.45) is 0 Å². The molecule has 3 nitrogen and oxygen atoms in total. The summed E-state index contributed by atoms with van der Waals surface area (Å²) in [5.41, 5.74) is 2.55. The fraction of sp³-hybridized carbons (Fsp3) is 0. The van der Waals surface area contributed by atoms with Crippen LogP contribution in [0, 0.1) is 0 Å². The van der Waals surface area contributed by atoms with Crippen LogP contribution in [-0.4, -0.2) is 9.97 Å². The Morgan fingerprint density at radius 1 is 0.774 bits per heavy atom. The summed E-state index contributed by atoms with van der Waals surface area (Å²) in [5, 5.41) is 7.60. The zero-order valence-electron chi connectivity index (χ0n) is 15.9. The Hall–Kier alpha value is -2.31. The minimum Gasteiger partial charge on any atom is -0.338 e. The van der Waals surface area contributed by atoms with E-state index in [0.717, 1.165) is 41.9 Å². The van der Waals surface area contributed by atoms with Gasteiger partial charge in [0.25, 0.3) is 0 Å². The van der Waals surface area contributed by atoms with Gasteiger partial charge in [-0.2, -0.15) is 0 Å². The normalized spacial score (nSPS) is 11.2. The van der Waals surface area contributed by atoms with Crippen molar-refractivity contribution in [2.45, 2.75) is 9.92 Å². The van der Waals surface area contributed by atoms with Crippen molar-refractivity contribution < 1.29 is 0 Å². The first-order valence-electron chi connectivity index (χ1n) is 9.41. The van der Waals surface area contributed by atoms with Gasteiger partial charge in [0.05, 0.1) is 16.1 Å². The average molecular weight is 527 g/mol. The molecule has 31 heavy (non-hydrogen) atoms. The Kier molecular flexibility index (Phi) is 5.76. The minimum atomic E-state index is 0.615. The summed E-state index contributed by atoms with van der Waals surface area (Å²) in [6.07, 6.45) is 0. The lowest BCUT2D eigenvalue weighted by Gasteiger charge is -2.13. The maximum absolute atomic E-state index is 6.42. The van der Waals surface area contributed by atoms with Crippen molar-refractivity contribution in [3.8, 4) is 0 Å². The number of fused-ring (bicyclic) bond motifs is 2. The zero-order chi connectivity index (χ0) is 21.4. The quantitative estimate of drug-likeness (QED) is 0.237. The number of hydrogen-bond donors (Lipinski definition) is 1. The fourth-order valence-corrected chi connectivity index (χ4v) is 4.84. The molecule has 5 rings (SSSR count). The number of benzene rings is 4. The smallest absolute Gasteiger partial charge is 0.164 e. The van der Waals surface area contributed by atoms with Crippen LogP contribution < -0.4 is 5.32 Å². The van der Waals surface area contributed by atoms with Crippen LogP contribution in [0.4, 0.5) is 11.5 Å². The Morgan fingerprint density at radius 3 is 2.16 bits per heavy atom. The molecule has 0 atom stereocenters. The summed E-state index contributed by atoms with van der Waals surface area (Å²) in [6.45, 7) is 0. The molecule has 0 radical (unpaired) electrons. The molecule has 7 heteroatoms. The molecule has 0 aliphatic rings. The van der Waals surface area contributed by atoms with Crippen LogP contribution in [0.1, 0.15) is 0 Å². The van der Waals surface area contributed by atoms with Gasteiger partial charge >= 0.3 is 0 Å². The Bertz CT molecular complexity index is 1420. The highest BCUT2D eigenvalue weighted by atomic mass is 79.9. The van der Waals surface area contributed by atoms with Crippen molar-refractivity contribution in [3.63, 3.8) is 0 Å². The van der Waals surface area contributed by atoms with Crippen LogP contribution in [-0.2, 0) is 0 Å². The third-order valence-electron chi connectivity index (χ3n) is 4.71. The molecule has 0 aliphatic carbocycles. The van der Waals surface area contributed by atoms with Crippen molar-refractivity contribution >= 4 is 84.2 Å². The highest BCUT2D eigenvalue weighted by molar-refractivity contribution is 9.10. The van der Waals surface area contributed by atoms with Gasteiger partial charge in [-0.05, 0) is 65.4 Å². The minimum absolute atomic E-state index is 0.615. The van der Waals surface area contributed by atoms with Gasteiger partial charge in [-0.15, -0.1) is 0 Å². The highest BCUT2D eigenvalue weighted by Crippen LogP contribution is 2.39. The molecule has 1 N–H and O–H groups in total. The third kappa shape index (κ3) is 4.51. The first-order chi connectivity index (χ1) is 15.0. The second-order valence-electron chi connectivity index (χ2n) is 6.87. The first-order valence-corrected chi connectivity index (χ1v) is 11.8. The zero-order valence-corrected chi connectivity index (χ0v) is 19.9. The molecular formula is C24H14BrCl2N3S. The molecule has 0 saturated heterocycles. The molecule has 0 aliphatic heterocycles. The van der Waals surface area contributed by atoms with Gasteiger partial charge in [0.15, 0.2) is 5.82 Å². The van der Waals surface area contributed by atoms with Crippen LogP contribution >= 0.6 is 50.9 Å². The number of rotatable bonds is 4. The number of nitrogens with one attached hydrogen (secondary N) is 1. The van der Waals surface area contributed by atoms with E-state index in [2.05, 4.69) is 45.5 Å². The molecule has 0 amide bonds. The Morgan fingerprint density at radius 2 is 1.45 bits per heavy atom. The van der Waals surface area contributed by atoms with Gasteiger partial charge in [-0.25, -0.2) is 9.97 Å². The standard InChI is InChI=1S/C24H14BrCl2N3S/c25-16-5-8-18(9-6-16)28-23-24(31-22-13-17(26)7-10-19(22)27)30-21-12-15-4-2-1-3-14(15)11-20(21)29-23/h1-13H,(H,28,29). The highest BCUT2D eigenvalue weighted by Gasteiger charge is 2.14. The number of nitrogens with zero attached hydrogens (tertiary/aromatic N) is 2. The van der Waals surface area contributed by atoms with E-state index in [0.29, 0.717) is 15.9 Å². The van der Waals surface area contributed by atoms with Crippen LogP contribution in [0.15, 0.2) is 93.3 Å². The average Bonchev–Trinajstić information content (AvgIpc) is 2.77. The molecule has 0 spiro atoms. The number of halogens is 3. The topological polar surface area (TPSA) is 37.8 Å². The van der Waals surface area contributed by atoms with Gasteiger partial charge in [-0.3, -0.25) is 0 Å². The summed E-state index contributed by atoms with van der Waals surface area (Å²) in [5.74, 6) is 0.658. The summed E-state index contributed by atoms with van der Waals surface area (Å²) in [7, 11) is 0. The Labute approximate surface area is 201 Å². The van der Waals surface area contributed by atoms with Crippen LogP contribution in [0.5, 0.6) is 0 Å². The van der Waals surface area contributed by atoms with Gasteiger partial charge in [0.2, 0.25) is 0 Å². The fourth-order valence-electron chi connectivity index (χ4n) is 3.21. The van der Waals surface area contributed by atoms with Crippen LogP contribution in [0.2, 0.25) is 10.0 Å². The van der Waals surface area contributed by atoms with Crippen LogP contribution in [0.25, 0.3) is 21.8 Å². The van der Waals surface area contributed by atoms with E-state index in [9.17, 15) is 0 Å². The van der Waals surface area contributed by atoms with Gasteiger partial charge in [-0.1, -0.05) is 75.2 Å². The summed E-state index contributed by atoms with van der Waals surface area (Å²) in [4.78, 5) is 10.7. The lowest BCUT2D eigenvalue weighted by Crippen LogP contribution is -1.99. The molecule has 152 valence electrons. The summed E-state index contributed by atoms with van der Waals surface area (Å²) >= 11 is 17.5. The SMILES string of the molecule is Clc1ccc(Cl)c(Sc2nc3cc4ccccc4cc3nc2Nc2ccc(Br)cc2)c1. The Balaban J connectivity index is 1.66. The molecule has 1 heterocycles. The van der Waals surface area contributed by atoms with E-state index in [1.165, 1.54) is 11.8 Å². The maximum atomic E-state index is 6.42. The lowest BCUT2D eigenvalue weighted by atomic mass is 10.1. The van der Waals surface area contributed by atoms with E-state index < -0.39 is 0 Å². The summed E-state index contributed by atoms with van der Waals surface area (Å²) < 4.78 is 1.01. The van der Waals surface area contributed by atoms with E-state index in [4.69, 9.17) is 33.2 Å². The van der Waals surface area contributed by atoms with Crippen molar-refractivity contribution in [2.75, 3.05) is 5.32 Å². The second-order valence-corrected chi connectivity index (χ2v) is 9.66. The molecule has 0 saturated carbocycles. The first kappa shape index (κ1) is 20.6. The van der Waals surface area contributed by atoms with E-state index >= 15 is 0 Å². The number of aromatic nitrogens is 2. The van der Waals surface area contributed by atoms with E-state index in [1.54, 1.807) is 12.1 Å². The third-order valence-corrected chi connectivity index (χ3v) is 6.95. The largest absolute Gasteiger partial charge is 0.338 e. The maximum Gasteiger partial charge on any atom is 0.164 e. The molecular weight excluding hydrogens is 513 g/mol. The number of anilines is 2. The van der Waals surface area contributed by atoms with Crippen molar-refractivity contribution in [1.29, 1.82) is 0 Å². The van der Waals surface area contributed by atoms with Crippen molar-refractivity contribution in [3.05, 3.63) is 93.4 Å². The van der Waals surface area contributed by atoms with Gasteiger partial charge < -0.3 is 5.32 Å². The monoisotopic (exact) mass is 525 g/mol. The molecule has 1 aromatic heterocycles. The van der Waals surface area contributed by atoms with E-state index in [-0.39, 0.29) is 0 Å². The molecule has 0 fully saturated rings. The lowest BCUT2D eigenvalue weighted by molar-refractivity contribution is 1.12. The molecule has 0 unspecified atom stereocenters. The molecule has 0 bridgehead atoms. The summed E-state index contributed by atoms with van der Waals surface area (Å²) in [6, 6.07) is 25.6. The predicted molar refractivity (Wildman–Crippen MR) is 135 cm³/mol. The molecule has 4 aromatic carbocycles. The van der Waals surface area contributed by atoms with Gasteiger partial charge in [0, 0.05) is 20.1 Å². The van der Waals surface area contributed by atoms with E-state index in [1.807, 2.05) is 42.5 Å². The molecule has 5 aromatic rings. The van der Waals surface area contributed by atoms with Gasteiger partial charge in [0.1, 0.15) is 5.03 Å².